The van der Waals surface area contributed by atoms with E-state index in [1.54, 1.807) is 0 Å². The molecule has 0 aliphatic heterocycles. The van der Waals surface area contributed by atoms with Gasteiger partial charge in [0, 0.05) is 11.6 Å². The van der Waals surface area contributed by atoms with Gasteiger partial charge in [-0.3, -0.25) is 4.79 Å². The minimum atomic E-state index is 0.0807. The SMILES string of the molecule is CCOc1cccc[n+]1CC(=O)c1ccc(C)cc1. The average molecular weight is 256 g/mol. The lowest BCUT2D eigenvalue weighted by Crippen LogP contribution is -2.39. The summed E-state index contributed by atoms with van der Waals surface area (Å²) in [5, 5.41) is 0. The van der Waals surface area contributed by atoms with Gasteiger partial charge in [0.25, 0.3) is 0 Å². The van der Waals surface area contributed by atoms with Crippen molar-refractivity contribution in [1.82, 2.24) is 0 Å². The number of hydrogen-bond acceptors (Lipinski definition) is 2. The summed E-state index contributed by atoms with van der Waals surface area (Å²) in [5.41, 5.74) is 1.88. The smallest absolute Gasteiger partial charge is 0.368 e. The molecule has 1 aromatic carbocycles. The first-order valence-corrected chi connectivity index (χ1v) is 6.42. The summed E-state index contributed by atoms with van der Waals surface area (Å²) < 4.78 is 7.33. The normalized spacial score (nSPS) is 10.2. The molecule has 0 saturated heterocycles. The van der Waals surface area contributed by atoms with E-state index in [-0.39, 0.29) is 5.78 Å². The van der Waals surface area contributed by atoms with Gasteiger partial charge in [0.1, 0.15) is 0 Å². The number of Topliss-reactive ketones (excluding diaryl/α,β-unsaturated/α-hetero) is 1. The van der Waals surface area contributed by atoms with Crippen molar-refractivity contribution in [3.63, 3.8) is 0 Å². The molecule has 98 valence electrons. The lowest BCUT2D eigenvalue weighted by atomic mass is 10.1. The number of rotatable bonds is 5. The molecule has 1 heterocycles. The maximum absolute atomic E-state index is 12.2. The van der Waals surface area contributed by atoms with Gasteiger partial charge in [-0.2, -0.15) is 4.57 Å². The van der Waals surface area contributed by atoms with Gasteiger partial charge in [-0.05, 0) is 19.9 Å². The van der Waals surface area contributed by atoms with Crippen LogP contribution < -0.4 is 9.30 Å². The number of aryl methyl sites for hydroxylation is 1. The Morgan fingerprint density at radius 2 is 1.89 bits per heavy atom. The highest BCUT2D eigenvalue weighted by Gasteiger charge is 2.16. The lowest BCUT2D eigenvalue weighted by molar-refractivity contribution is -0.688. The molecule has 0 radical (unpaired) electrons. The molecule has 0 amide bonds. The van der Waals surface area contributed by atoms with E-state index in [0.29, 0.717) is 19.0 Å². The second-order valence-corrected chi connectivity index (χ2v) is 4.39. The lowest BCUT2D eigenvalue weighted by Gasteiger charge is -2.03. The number of carbonyl (C=O) groups excluding carboxylic acids is 1. The second-order valence-electron chi connectivity index (χ2n) is 4.39. The Kier molecular flexibility index (Phi) is 4.29. The van der Waals surface area contributed by atoms with Crippen LogP contribution in [0.1, 0.15) is 22.8 Å². The topological polar surface area (TPSA) is 30.2 Å². The first-order chi connectivity index (χ1) is 9.20. The number of ether oxygens (including phenoxy) is 1. The summed E-state index contributed by atoms with van der Waals surface area (Å²) in [6.45, 7) is 4.81. The van der Waals surface area contributed by atoms with Crippen molar-refractivity contribution in [2.75, 3.05) is 6.61 Å². The van der Waals surface area contributed by atoms with Gasteiger partial charge >= 0.3 is 5.88 Å². The molecule has 2 rings (SSSR count). The van der Waals surface area contributed by atoms with Crippen molar-refractivity contribution in [3.8, 4) is 5.88 Å². The fourth-order valence-corrected chi connectivity index (χ4v) is 1.86. The van der Waals surface area contributed by atoms with Crippen LogP contribution in [0.15, 0.2) is 48.7 Å². The van der Waals surface area contributed by atoms with Crippen LogP contribution in [0, 0.1) is 6.92 Å². The average Bonchev–Trinajstić information content (AvgIpc) is 2.42. The number of aromatic nitrogens is 1. The summed E-state index contributed by atoms with van der Waals surface area (Å²) in [5.74, 6) is 0.794. The largest absolute Gasteiger partial charge is 0.445 e. The molecule has 0 aliphatic rings. The molecule has 0 spiro atoms. The van der Waals surface area contributed by atoms with Gasteiger partial charge in [0.05, 0.1) is 12.7 Å². The van der Waals surface area contributed by atoms with E-state index < -0.39 is 0 Å². The maximum Gasteiger partial charge on any atom is 0.368 e. The zero-order valence-corrected chi connectivity index (χ0v) is 11.3. The predicted molar refractivity (Wildman–Crippen MR) is 73.3 cm³/mol. The zero-order valence-electron chi connectivity index (χ0n) is 11.3. The molecular weight excluding hydrogens is 238 g/mol. The molecule has 0 N–H and O–H groups in total. The summed E-state index contributed by atoms with van der Waals surface area (Å²) in [6.07, 6.45) is 1.86. The third-order valence-electron chi connectivity index (χ3n) is 2.88. The standard InChI is InChI=1S/C16H18NO2/c1-3-19-16-6-4-5-11-17(16)12-15(18)14-9-7-13(2)8-10-14/h4-11H,3,12H2,1-2H3/q+1. The van der Waals surface area contributed by atoms with E-state index >= 15 is 0 Å². The van der Waals surface area contributed by atoms with E-state index in [1.807, 2.05) is 67.1 Å². The van der Waals surface area contributed by atoms with Crippen LogP contribution in [0.4, 0.5) is 0 Å². The van der Waals surface area contributed by atoms with Crippen LogP contribution in [0.5, 0.6) is 5.88 Å². The highest BCUT2D eigenvalue weighted by atomic mass is 16.5. The van der Waals surface area contributed by atoms with Crippen LogP contribution in [-0.4, -0.2) is 12.4 Å². The Morgan fingerprint density at radius 3 is 2.58 bits per heavy atom. The van der Waals surface area contributed by atoms with Crippen LogP contribution >= 0.6 is 0 Å². The minimum absolute atomic E-state index is 0.0807. The molecule has 19 heavy (non-hydrogen) atoms. The summed E-state index contributed by atoms with van der Waals surface area (Å²) >= 11 is 0. The predicted octanol–water partition coefficient (Wildman–Crippen LogP) is 2.56. The Bertz CT molecular complexity index is 561. The summed E-state index contributed by atoms with van der Waals surface area (Å²) in [4.78, 5) is 12.2. The molecule has 0 aliphatic carbocycles. The first-order valence-electron chi connectivity index (χ1n) is 6.42. The zero-order chi connectivity index (χ0) is 13.7. The third kappa shape index (κ3) is 3.41. The van der Waals surface area contributed by atoms with E-state index in [4.69, 9.17) is 4.74 Å². The Balaban J connectivity index is 2.16. The quantitative estimate of drug-likeness (QED) is 0.608. The molecule has 0 unspecified atom stereocenters. The molecule has 3 nitrogen and oxygen atoms in total. The van der Waals surface area contributed by atoms with E-state index in [1.165, 1.54) is 0 Å². The maximum atomic E-state index is 12.2. The number of hydrogen-bond donors (Lipinski definition) is 0. The van der Waals surface area contributed by atoms with Crippen molar-refractivity contribution in [2.24, 2.45) is 0 Å². The fourth-order valence-electron chi connectivity index (χ4n) is 1.86. The number of nitrogens with zero attached hydrogens (tertiary/aromatic N) is 1. The van der Waals surface area contributed by atoms with Crippen LogP contribution in [-0.2, 0) is 6.54 Å². The number of carbonyl (C=O) groups is 1. The van der Waals surface area contributed by atoms with Crippen molar-refractivity contribution in [2.45, 2.75) is 20.4 Å². The van der Waals surface area contributed by atoms with Crippen LogP contribution in [0.25, 0.3) is 0 Å². The molecular formula is C16H18NO2+. The number of ketones is 1. The first kappa shape index (κ1) is 13.3. The van der Waals surface area contributed by atoms with Crippen molar-refractivity contribution >= 4 is 5.78 Å². The van der Waals surface area contributed by atoms with Crippen LogP contribution in [0.3, 0.4) is 0 Å². The molecule has 2 aromatic rings. The van der Waals surface area contributed by atoms with Crippen molar-refractivity contribution in [3.05, 3.63) is 59.8 Å². The van der Waals surface area contributed by atoms with Crippen LogP contribution in [0.2, 0.25) is 0 Å². The van der Waals surface area contributed by atoms with Gasteiger partial charge in [0.2, 0.25) is 12.3 Å². The molecule has 3 heteroatoms. The Labute approximate surface area is 113 Å². The molecule has 0 atom stereocenters. The molecule has 1 aromatic heterocycles. The monoisotopic (exact) mass is 256 g/mol. The van der Waals surface area contributed by atoms with Gasteiger partial charge in [0.15, 0.2) is 6.20 Å². The van der Waals surface area contributed by atoms with Crippen molar-refractivity contribution < 1.29 is 14.1 Å². The van der Waals surface area contributed by atoms with E-state index in [9.17, 15) is 4.79 Å². The molecule has 0 fully saturated rings. The molecule has 0 bridgehead atoms. The van der Waals surface area contributed by atoms with E-state index in [2.05, 4.69) is 0 Å². The van der Waals surface area contributed by atoms with Gasteiger partial charge in [-0.1, -0.05) is 29.8 Å². The Hall–Kier alpha value is -2.16. The highest BCUT2D eigenvalue weighted by Crippen LogP contribution is 2.06. The highest BCUT2D eigenvalue weighted by molar-refractivity contribution is 5.95. The summed E-state index contributed by atoms with van der Waals surface area (Å²) in [6, 6.07) is 13.3. The van der Waals surface area contributed by atoms with Gasteiger partial charge < -0.3 is 4.74 Å². The van der Waals surface area contributed by atoms with Gasteiger partial charge in [-0.25, -0.2) is 0 Å². The number of pyridine rings is 1. The third-order valence-corrected chi connectivity index (χ3v) is 2.88. The van der Waals surface area contributed by atoms with E-state index in [0.717, 1.165) is 11.1 Å². The van der Waals surface area contributed by atoms with Gasteiger partial charge in [-0.15, -0.1) is 0 Å². The molecule has 0 saturated carbocycles. The fraction of sp³-hybridized carbons (Fsp3) is 0.250. The Morgan fingerprint density at radius 1 is 1.16 bits per heavy atom. The second kappa shape index (κ2) is 6.14. The van der Waals surface area contributed by atoms with Crippen molar-refractivity contribution in [1.29, 1.82) is 0 Å². The minimum Gasteiger partial charge on any atom is -0.445 e. The number of benzene rings is 1. The summed E-state index contributed by atoms with van der Waals surface area (Å²) in [7, 11) is 0.